The van der Waals surface area contributed by atoms with Gasteiger partial charge in [0, 0.05) is 14.0 Å². The van der Waals surface area contributed by atoms with Crippen LogP contribution in [-0.4, -0.2) is 19.0 Å². The van der Waals surface area contributed by atoms with Crippen molar-refractivity contribution in [1.82, 2.24) is 5.09 Å². The number of hydrogen-bond donors (Lipinski definition) is 1. The molecule has 0 rings (SSSR count). The minimum Gasteiger partial charge on any atom is -0.370 e. The Bertz CT molecular complexity index is 140. The molecule has 10 heavy (non-hydrogen) atoms. The lowest BCUT2D eigenvalue weighted by Crippen LogP contribution is -2.08. The minimum atomic E-state index is -1.68. The predicted octanol–water partition coefficient (Wildman–Crippen LogP) is 1.12. The van der Waals surface area contributed by atoms with Crippen LogP contribution in [0.5, 0.6) is 0 Å². The fourth-order valence-corrected chi connectivity index (χ4v) is 1.97. The number of nitrogens with one attached hydrogen (secondary N) is 1. The molecule has 58 valence electrons. The van der Waals surface area contributed by atoms with Gasteiger partial charge in [-0.2, -0.15) is 0 Å². The zero-order valence-corrected chi connectivity index (χ0v) is 7.50. The maximum atomic E-state index is 10.7. The number of methoxy groups -OCH3 is 1. The van der Waals surface area contributed by atoms with E-state index in [0.717, 1.165) is 11.4 Å². The summed E-state index contributed by atoms with van der Waals surface area (Å²) in [6.45, 7) is 1.32. The Kier molecular flexibility index (Phi) is 5.58. The van der Waals surface area contributed by atoms with Gasteiger partial charge in [0.15, 0.2) is 11.4 Å². The van der Waals surface area contributed by atoms with Crippen molar-refractivity contribution in [2.24, 2.45) is 0 Å². The summed E-state index contributed by atoms with van der Waals surface area (Å²) >= 11 is 1.06. The van der Waals surface area contributed by atoms with Crippen molar-refractivity contribution in [2.75, 3.05) is 13.0 Å². The summed E-state index contributed by atoms with van der Waals surface area (Å²) in [6, 6.07) is 0. The molecule has 4 nitrogen and oxygen atoms in total. The lowest BCUT2D eigenvalue weighted by atomic mass is 10.8. The largest absolute Gasteiger partial charge is 0.540 e. The number of ether oxygens (including phenoxy) is 1. The Labute approximate surface area is 64.3 Å². The van der Waals surface area contributed by atoms with E-state index in [4.69, 9.17) is 0 Å². The molecule has 0 saturated heterocycles. The number of carbonyl (C=O) groups excluding carboxylic acids is 1. The Morgan fingerprint density at radius 1 is 1.80 bits per heavy atom. The highest BCUT2D eigenvalue weighted by atomic mass is 32.7. The van der Waals surface area contributed by atoms with E-state index in [0.29, 0.717) is 5.94 Å². The highest BCUT2D eigenvalue weighted by Crippen LogP contribution is 2.32. The molecule has 0 bridgehead atoms. The fourth-order valence-electron chi connectivity index (χ4n) is 0.261. The highest BCUT2D eigenvalue weighted by Gasteiger charge is 2.18. The van der Waals surface area contributed by atoms with Gasteiger partial charge in [-0.1, -0.05) is 0 Å². The van der Waals surface area contributed by atoms with E-state index < -0.39 is 7.15 Å². The normalized spacial score (nSPS) is 10.8. The van der Waals surface area contributed by atoms with Crippen LogP contribution in [0.2, 0.25) is 0 Å². The van der Waals surface area contributed by atoms with Crippen molar-refractivity contribution in [3.63, 3.8) is 0 Å². The van der Waals surface area contributed by atoms with Crippen LogP contribution >= 0.6 is 18.5 Å². The summed E-state index contributed by atoms with van der Waals surface area (Å²) < 4.78 is 15.3. The molecule has 0 radical (unpaired) electrons. The first-order valence-corrected chi connectivity index (χ1v) is 5.38. The predicted molar refractivity (Wildman–Crippen MR) is 40.9 cm³/mol. The van der Waals surface area contributed by atoms with Crippen molar-refractivity contribution >= 4 is 24.4 Å². The molecule has 1 atom stereocenters. The first-order valence-electron chi connectivity index (χ1n) is 2.53. The van der Waals surface area contributed by atoms with Crippen molar-refractivity contribution in [2.45, 2.75) is 6.92 Å². The third kappa shape index (κ3) is 6.01. The maximum absolute atomic E-state index is 10.7. The Morgan fingerprint density at radius 2 is 2.40 bits per heavy atom. The van der Waals surface area contributed by atoms with E-state index in [2.05, 4.69) is 9.82 Å². The molecular formula is C4H9NO3PS+. The van der Waals surface area contributed by atoms with Crippen LogP contribution in [0.4, 0.5) is 0 Å². The summed E-state index contributed by atoms with van der Waals surface area (Å²) in [5.74, 6) is 0.0416. The van der Waals surface area contributed by atoms with Gasteiger partial charge in [-0.15, -0.1) is 5.09 Å². The SMILES string of the molecule is COCS[P+](=O)NC(C)=O. The second-order valence-corrected chi connectivity index (χ2v) is 4.46. The Hall–Kier alpha value is -0.120. The standard InChI is InChI=1S/C4H8NO3PS/c1-4(6)5-9(7)10-3-8-2/h3H2,1-2H3/p+1. The van der Waals surface area contributed by atoms with Crippen LogP contribution in [-0.2, 0) is 14.1 Å². The first kappa shape index (κ1) is 9.88. The number of amides is 1. The van der Waals surface area contributed by atoms with E-state index in [1.165, 1.54) is 14.0 Å². The minimum absolute atomic E-state index is 0.287. The second kappa shape index (κ2) is 5.65. The molecule has 0 aromatic carbocycles. The molecule has 0 spiro atoms. The second-order valence-electron chi connectivity index (χ2n) is 1.46. The molecule has 0 aromatic rings. The molecule has 1 unspecified atom stereocenters. The molecule has 1 amide bonds. The molecule has 6 heteroatoms. The molecular weight excluding hydrogens is 173 g/mol. The van der Waals surface area contributed by atoms with Gasteiger partial charge in [-0.25, -0.2) is 0 Å². The van der Waals surface area contributed by atoms with Crippen LogP contribution < -0.4 is 5.09 Å². The van der Waals surface area contributed by atoms with Crippen molar-refractivity contribution in [3.05, 3.63) is 0 Å². The van der Waals surface area contributed by atoms with Crippen LogP contribution in [0.1, 0.15) is 6.92 Å². The zero-order valence-electron chi connectivity index (χ0n) is 5.79. The molecule has 0 heterocycles. The summed E-state index contributed by atoms with van der Waals surface area (Å²) in [7, 11) is -0.180. The van der Waals surface area contributed by atoms with Crippen LogP contribution in [0, 0.1) is 0 Å². The molecule has 0 saturated carbocycles. The zero-order chi connectivity index (χ0) is 7.98. The van der Waals surface area contributed by atoms with Crippen LogP contribution in [0.15, 0.2) is 0 Å². The number of hydrogen-bond acceptors (Lipinski definition) is 4. The van der Waals surface area contributed by atoms with Gasteiger partial charge in [0.05, 0.1) is 0 Å². The lowest BCUT2D eigenvalue weighted by molar-refractivity contribution is -0.117. The van der Waals surface area contributed by atoms with Gasteiger partial charge >= 0.3 is 7.15 Å². The molecule has 0 aliphatic heterocycles. The van der Waals surface area contributed by atoms with Crippen LogP contribution in [0.25, 0.3) is 0 Å². The Morgan fingerprint density at radius 3 is 2.80 bits per heavy atom. The van der Waals surface area contributed by atoms with E-state index >= 15 is 0 Å². The maximum Gasteiger partial charge on any atom is 0.540 e. The average Bonchev–Trinajstić information content (AvgIpc) is 1.82. The lowest BCUT2D eigenvalue weighted by Gasteiger charge is -1.85. The van der Waals surface area contributed by atoms with Gasteiger partial charge in [0.1, 0.15) is 5.94 Å². The summed E-state index contributed by atoms with van der Waals surface area (Å²) in [4.78, 5) is 10.3. The number of carbonyl (C=O) groups is 1. The van der Waals surface area contributed by atoms with Crippen LogP contribution in [0.3, 0.4) is 0 Å². The van der Waals surface area contributed by atoms with E-state index in [1.807, 2.05) is 0 Å². The molecule has 1 N–H and O–H groups in total. The average molecular weight is 182 g/mol. The fraction of sp³-hybridized carbons (Fsp3) is 0.750. The molecule has 0 aliphatic rings. The molecule has 0 aromatic heterocycles. The molecule has 0 fully saturated rings. The third-order valence-corrected chi connectivity index (χ3v) is 2.90. The highest BCUT2D eigenvalue weighted by molar-refractivity contribution is 8.51. The monoisotopic (exact) mass is 182 g/mol. The topological polar surface area (TPSA) is 55.4 Å². The first-order chi connectivity index (χ1) is 4.66. The summed E-state index contributed by atoms with van der Waals surface area (Å²) in [5.41, 5.74) is 0. The number of rotatable bonds is 4. The van der Waals surface area contributed by atoms with Gasteiger partial charge in [-0.3, -0.25) is 4.79 Å². The molecule has 0 aliphatic carbocycles. The van der Waals surface area contributed by atoms with Gasteiger partial charge in [-0.05, 0) is 4.57 Å². The van der Waals surface area contributed by atoms with E-state index in [1.54, 1.807) is 0 Å². The van der Waals surface area contributed by atoms with Crippen molar-refractivity contribution in [1.29, 1.82) is 0 Å². The third-order valence-electron chi connectivity index (χ3n) is 0.537. The summed E-state index contributed by atoms with van der Waals surface area (Å²) in [5, 5.41) is 2.23. The van der Waals surface area contributed by atoms with Crippen molar-refractivity contribution < 1.29 is 14.1 Å². The van der Waals surface area contributed by atoms with Gasteiger partial charge < -0.3 is 4.74 Å². The summed E-state index contributed by atoms with van der Waals surface area (Å²) in [6.07, 6.45) is 0. The smallest absolute Gasteiger partial charge is 0.370 e. The van der Waals surface area contributed by atoms with Gasteiger partial charge in [0.2, 0.25) is 0 Å². The quantitative estimate of drug-likeness (QED) is 0.522. The van der Waals surface area contributed by atoms with E-state index in [-0.39, 0.29) is 5.91 Å². The van der Waals surface area contributed by atoms with Gasteiger partial charge in [0.25, 0.3) is 5.91 Å². The van der Waals surface area contributed by atoms with E-state index in [9.17, 15) is 9.36 Å². The van der Waals surface area contributed by atoms with Crippen molar-refractivity contribution in [3.8, 4) is 0 Å². The Balaban J connectivity index is 3.35.